The number of ether oxygens (including phenoxy) is 2. The molecule has 112 valence electrons. The van der Waals surface area contributed by atoms with Gasteiger partial charge in [0, 0.05) is 0 Å². The maximum Gasteiger partial charge on any atom is 0.418 e. The fraction of sp³-hybridized carbons (Fsp3) is 0.600. The molecule has 20 heavy (non-hydrogen) atoms. The highest BCUT2D eigenvalue weighted by atomic mass is 19.4. The Hall–Kier alpha value is -1.07. The third-order valence-electron chi connectivity index (χ3n) is 3.23. The largest absolute Gasteiger partial charge is 0.418 e. The number of hydrogen-bond acceptors (Lipinski definition) is 2. The number of rotatable bonds is 4. The Morgan fingerprint density at radius 1 is 1.20 bits per heavy atom. The highest BCUT2D eigenvalue weighted by molar-refractivity contribution is 5.29. The Morgan fingerprint density at radius 3 is 2.15 bits per heavy atom. The molecule has 0 spiro atoms. The van der Waals surface area contributed by atoms with Crippen LogP contribution in [0.5, 0.6) is 0 Å². The van der Waals surface area contributed by atoms with Crippen LogP contribution in [0.15, 0.2) is 24.3 Å². The molecule has 0 aliphatic carbocycles. The lowest BCUT2D eigenvalue weighted by Crippen LogP contribution is -2.25. The van der Waals surface area contributed by atoms with Crippen LogP contribution in [0.1, 0.15) is 38.0 Å². The van der Waals surface area contributed by atoms with Crippen molar-refractivity contribution in [3.8, 4) is 0 Å². The summed E-state index contributed by atoms with van der Waals surface area (Å²) in [5, 5.41) is 0. The van der Waals surface area contributed by atoms with Crippen LogP contribution in [0.2, 0.25) is 0 Å². The predicted molar refractivity (Wildman–Crippen MR) is 69.6 cm³/mol. The maximum absolute atomic E-state index is 13.0. The van der Waals surface area contributed by atoms with Crippen LogP contribution in [0.25, 0.3) is 0 Å². The van der Waals surface area contributed by atoms with Gasteiger partial charge in [0.25, 0.3) is 0 Å². The van der Waals surface area contributed by atoms with E-state index in [2.05, 4.69) is 0 Å². The molecule has 2 rings (SSSR count). The van der Waals surface area contributed by atoms with Crippen LogP contribution in [0, 0.1) is 0 Å². The summed E-state index contributed by atoms with van der Waals surface area (Å²) in [5.74, 6) is 0. The number of halogens is 3. The van der Waals surface area contributed by atoms with E-state index in [9.17, 15) is 13.2 Å². The molecule has 2 atom stereocenters. The topological polar surface area (TPSA) is 21.8 Å². The van der Waals surface area contributed by atoms with Gasteiger partial charge >= 0.3 is 6.18 Å². The lowest BCUT2D eigenvalue weighted by Gasteiger charge is -2.23. The van der Waals surface area contributed by atoms with Crippen molar-refractivity contribution in [1.82, 2.24) is 0 Å². The van der Waals surface area contributed by atoms with E-state index in [0.29, 0.717) is 6.61 Å². The lowest BCUT2D eigenvalue weighted by atomic mass is 9.86. The van der Waals surface area contributed by atoms with Gasteiger partial charge in [0.2, 0.25) is 0 Å². The zero-order valence-corrected chi connectivity index (χ0v) is 11.8. The first-order valence-corrected chi connectivity index (χ1v) is 6.58. The molecule has 1 aliphatic heterocycles. The van der Waals surface area contributed by atoms with E-state index < -0.39 is 12.3 Å². The molecular formula is C15H19F3O2. The Bertz CT molecular complexity index is 442. The van der Waals surface area contributed by atoms with Gasteiger partial charge in [-0.2, -0.15) is 13.2 Å². The van der Waals surface area contributed by atoms with Crippen molar-refractivity contribution in [3.63, 3.8) is 0 Å². The molecule has 0 bridgehead atoms. The summed E-state index contributed by atoms with van der Waals surface area (Å²) < 4.78 is 49.0. The summed E-state index contributed by atoms with van der Waals surface area (Å²) in [5.41, 5.74) is 1.04. The Balaban J connectivity index is 2.15. The average molecular weight is 288 g/mol. The number of hydrogen-bond donors (Lipinski definition) is 0. The van der Waals surface area contributed by atoms with Crippen molar-refractivity contribution >= 4 is 0 Å². The van der Waals surface area contributed by atoms with E-state index in [-0.39, 0.29) is 23.7 Å². The first kappa shape index (κ1) is 15.3. The molecule has 1 aliphatic rings. The maximum atomic E-state index is 13.0. The van der Waals surface area contributed by atoms with Gasteiger partial charge in [-0.3, -0.25) is 0 Å². The summed E-state index contributed by atoms with van der Waals surface area (Å²) in [7, 11) is 0. The third kappa shape index (κ3) is 3.96. The normalized spacial score (nSPS) is 20.8. The van der Waals surface area contributed by atoms with Crippen molar-refractivity contribution in [2.24, 2.45) is 0 Å². The summed E-state index contributed by atoms with van der Waals surface area (Å²) in [6.07, 6.45) is -6.49. The fourth-order valence-electron chi connectivity index (χ4n) is 1.91. The van der Waals surface area contributed by atoms with Gasteiger partial charge < -0.3 is 9.47 Å². The second-order valence-electron chi connectivity index (χ2n) is 6.08. The molecule has 1 fully saturated rings. The quantitative estimate of drug-likeness (QED) is 0.781. The summed E-state index contributed by atoms with van der Waals surface area (Å²) in [6.45, 7) is 6.51. The Labute approximate surface area is 116 Å². The molecule has 1 aromatic carbocycles. The van der Waals surface area contributed by atoms with Gasteiger partial charge in [-0.05, 0) is 16.5 Å². The molecule has 0 aromatic heterocycles. The molecule has 1 aromatic rings. The third-order valence-corrected chi connectivity index (χ3v) is 3.23. The molecule has 2 nitrogen and oxygen atoms in total. The summed E-state index contributed by atoms with van der Waals surface area (Å²) >= 11 is 0. The monoisotopic (exact) mass is 288 g/mol. The minimum absolute atomic E-state index is 0.0226. The van der Waals surface area contributed by atoms with Gasteiger partial charge in [0.05, 0.1) is 13.2 Å². The van der Waals surface area contributed by atoms with Gasteiger partial charge in [-0.1, -0.05) is 45.0 Å². The first-order valence-electron chi connectivity index (χ1n) is 6.58. The number of alkyl halides is 3. The summed E-state index contributed by atoms with van der Waals surface area (Å²) in [4.78, 5) is 0. The first-order chi connectivity index (χ1) is 9.18. The van der Waals surface area contributed by atoms with Crippen molar-refractivity contribution in [3.05, 3.63) is 35.4 Å². The van der Waals surface area contributed by atoms with E-state index in [1.807, 2.05) is 20.8 Å². The Kier molecular flexibility index (Phi) is 4.12. The highest BCUT2D eigenvalue weighted by Gasteiger charge is 2.43. The van der Waals surface area contributed by atoms with Crippen LogP contribution in [-0.2, 0) is 14.9 Å². The average Bonchev–Trinajstić information content (AvgIpc) is 3.11. The van der Waals surface area contributed by atoms with E-state index in [1.54, 1.807) is 12.1 Å². The lowest BCUT2D eigenvalue weighted by molar-refractivity contribution is -0.224. The van der Waals surface area contributed by atoms with Crippen LogP contribution < -0.4 is 0 Å². The predicted octanol–water partition coefficient (Wildman–Crippen LogP) is 4.00. The van der Waals surface area contributed by atoms with Crippen LogP contribution in [0.3, 0.4) is 0 Å². The van der Waals surface area contributed by atoms with Gasteiger partial charge in [-0.25, -0.2) is 0 Å². The van der Waals surface area contributed by atoms with E-state index in [4.69, 9.17) is 9.47 Å². The van der Waals surface area contributed by atoms with Gasteiger partial charge in [-0.15, -0.1) is 0 Å². The fourth-order valence-corrected chi connectivity index (χ4v) is 1.91. The second kappa shape index (κ2) is 5.37. The van der Waals surface area contributed by atoms with Crippen molar-refractivity contribution in [2.75, 3.05) is 13.2 Å². The molecular weight excluding hydrogens is 269 g/mol. The van der Waals surface area contributed by atoms with E-state index in [1.165, 1.54) is 12.1 Å². The molecule has 0 amide bonds. The van der Waals surface area contributed by atoms with Crippen LogP contribution >= 0.6 is 0 Å². The standard InChI is InChI=1S/C15H19F3O2/c1-14(2,3)11-6-4-10(5-7-11)13(15(16,17)18)20-9-12-8-19-12/h4-7,12-13H,8-9H2,1-3H3. The molecule has 5 heteroatoms. The number of benzene rings is 1. The Morgan fingerprint density at radius 2 is 1.75 bits per heavy atom. The van der Waals surface area contributed by atoms with E-state index in [0.717, 1.165) is 5.56 Å². The van der Waals surface area contributed by atoms with Gasteiger partial charge in [0.15, 0.2) is 6.10 Å². The molecule has 0 radical (unpaired) electrons. The zero-order chi connectivity index (χ0) is 15.0. The minimum Gasteiger partial charge on any atom is -0.371 e. The minimum atomic E-state index is -4.42. The van der Waals surface area contributed by atoms with Gasteiger partial charge in [0.1, 0.15) is 6.10 Å². The molecule has 1 heterocycles. The van der Waals surface area contributed by atoms with Crippen molar-refractivity contribution < 1.29 is 22.6 Å². The summed E-state index contributed by atoms with van der Waals surface area (Å²) in [6, 6.07) is 6.44. The van der Waals surface area contributed by atoms with E-state index >= 15 is 0 Å². The number of epoxide rings is 1. The van der Waals surface area contributed by atoms with Crippen molar-refractivity contribution in [1.29, 1.82) is 0 Å². The molecule has 0 saturated carbocycles. The van der Waals surface area contributed by atoms with Crippen molar-refractivity contribution in [2.45, 2.75) is 44.6 Å². The second-order valence-corrected chi connectivity index (χ2v) is 6.08. The SMILES string of the molecule is CC(C)(C)c1ccc(C(OCC2CO2)C(F)(F)F)cc1. The highest BCUT2D eigenvalue weighted by Crippen LogP contribution is 2.37. The van der Waals surface area contributed by atoms with Crippen LogP contribution in [-0.4, -0.2) is 25.5 Å². The van der Waals surface area contributed by atoms with Crippen LogP contribution in [0.4, 0.5) is 13.2 Å². The molecule has 1 saturated heterocycles. The molecule has 2 unspecified atom stereocenters. The smallest absolute Gasteiger partial charge is 0.371 e. The molecule has 0 N–H and O–H groups in total. The zero-order valence-electron chi connectivity index (χ0n) is 11.8.